The van der Waals surface area contributed by atoms with Gasteiger partial charge in [0, 0.05) is 6.42 Å². The Bertz CT molecular complexity index is 205. The molecular weight excluding hydrogens is 236 g/mol. The standard InChI is InChI=1S/C9H15BrO3/c1-6(11)5-7(10)8(12)13-9(2,3)4/h7H,5H2,1-4H3. The molecule has 0 saturated carbocycles. The molecule has 0 heterocycles. The van der Waals surface area contributed by atoms with Gasteiger partial charge in [-0.25, -0.2) is 0 Å². The molecule has 0 amide bonds. The topological polar surface area (TPSA) is 43.4 Å². The maximum atomic E-state index is 11.3. The van der Waals surface area contributed by atoms with E-state index in [1.165, 1.54) is 6.92 Å². The number of rotatable bonds is 3. The Kier molecular flexibility index (Phi) is 4.61. The summed E-state index contributed by atoms with van der Waals surface area (Å²) in [5.74, 6) is -0.421. The zero-order valence-corrected chi connectivity index (χ0v) is 9.97. The van der Waals surface area contributed by atoms with Crippen molar-refractivity contribution in [2.45, 2.75) is 44.5 Å². The summed E-state index contributed by atoms with van der Waals surface area (Å²) in [5, 5.41) is 0. The third kappa shape index (κ3) is 6.75. The van der Waals surface area contributed by atoms with Gasteiger partial charge in [-0.15, -0.1) is 0 Å². The first kappa shape index (κ1) is 12.6. The van der Waals surface area contributed by atoms with Crippen LogP contribution in [0.3, 0.4) is 0 Å². The van der Waals surface area contributed by atoms with Crippen LogP contribution in [0.25, 0.3) is 0 Å². The lowest BCUT2D eigenvalue weighted by atomic mass is 10.2. The Morgan fingerprint density at radius 1 is 1.38 bits per heavy atom. The maximum Gasteiger partial charge on any atom is 0.320 e. The molecule has 0 aromatic carbocycles. The third-order valence-electron chi connectivity index (χ3n) is 1.13. The van der Waals surface area contributed by atoms with Gasteiger partial charge < -0.3 is 4.74 Å². The largest absolute Gasteiger partial charge is 0.459 e. The lowest BCUT2D eigenvalue weighted by molar-refractivity contribution is -0.154. The number of halogens is 1. The Balaban J connectivity index is 4.05. The molecule has 0 bridgehead atoms. The van der Waals surface area contributed by atoms with E-state index in [9.17, 15) is 9.59 Å². The minimum atomic E-state index is -0.524. The van der Waals surface area contributed by atoms with Crippen molar-refractivity contribution in [3.05, 3.63) is 0 Å². The van der Waals surface area contributed by atoms with E-state index in [4.69, 9.17) is 4.74 Å². The summed E-state index contributed by atoms with van der Waals surface area (Å²) >= 11 is 3.10. The molecule has 4 heteroatoms. The Morgan fingerprint density at radius 3 is 2.15 bits per heavy atom. The molecule has 0 fully saturated rings. The monoisotopic (exact) mass is 250 g/mol. The van der Waals surface area contributed by atoms with E-state index in [0.29, 0.717) is 0 Å². The Morgan fingerprint density at radius 2 is 1.85 bits per heavy atom. The number of alkyl halides is 1. The number of carbonyl (C=O) groups excluding carboxylic acids is 2. The quantitative estimate of drug-likeness (QED) is 0.569. The van der Waals surface area contributed by atoms with Crippen molar-refractivity contribution in [3.8, 4) is 0 Å². The van der Waals surface area contributed by atoms with Crippen molar-refractivity contribution < 1.29 is 14.3 Å². The molecule has 0 aliphatic heterocycles. The Hall–Kier alpha value is -0.380. The van der Waals surface area contributed by atoms with Gasteiger partial charge in [0.2, 0.25) is 0 Å². The fourth-order valence-electron chi connectivity index (χ4n) is 0.701. The summed E-state index contributed by atoms with van der Waals surface area (Å²) in [6, 6.07) is 0. The lowest BCUT2D eigenvalue weighted by Gasteiger charge is -2.21. The first-order valence-electron chi connectivity index (χ1n) is 4.09. The maximum absolute atomic E-state index is 11.3. The van der Waals surface area contributed by atoms with E-state index in [1.54, 1.807) is 20.8 Å². The second-order valence-corrected chi connectivity index (χ2v) is 5.01. The van der Waals surface area contributed by atoms with E-state index < -0.39 is 10.4 Å². The molecule has 0 spiro atoms. The molecule has 1 unspecified atom stereocenters. The number of carbonyl (C=O) groups is 2. The smallest absolute Gasteiger partial charge is 0.320 e. The van der Waals surface area contributed by atoms with Crippen molar-refractivity contribution in [2.24, 2.45) is 0 Å². The van der Waals surface area contributed by atoms with E-state index >= 15 is 0 Å². The van der Waals surface area contributed by atoms with Crippen LogP contribution in [0, 0.1) is 0 Å². The lowest BCUT2D eigenvalue weighted by Crippen LogP contribution is -2.29. The van der Waals surface area contributed by atoms with E-state index in [-0.39, 0.29) is 18.2 Å². The molecular formula is C9H15BrO3. The first-order valence-corrected chi connectivity index (χ1v) is 5.00. The van der Waals surface area contributed by atoms with E-state index in [2.05, 4.69) is 15.9 Å². The number of hydrogen-bond acceptors (Lipinski definition) is 3. The predicted molar refractivity (Wildman–Crippen MR) is 53.9 cm³/mol. The SMILES string of the molecule is CC(=O)CC(Br)C(=O)OC(C)(C)C. The third-order valence-corrected chi connectivity index (χ3v) is 1.83. The van der Waals surface area contributed by atoms with Gasteiger partial charge in [0.25, 0.3) is 0 Å². The molecule has 0 N–H and O–H groups in total. The molecule has 0 saturated heterocycles. The van der Waals surface area contributed by atoms with Crippen LogP contribution in [0.2, 0.25) is 0 Å². The van der Waals surface area contributed by atoms with Crippen LogP contribution < -0.4 is 0 Å². The van der Waals surface area contributed by atoms with Crippen LogP contribution in [0.4, 0.5) is 0 Å². The second kappa shape index (κ2) is 4.74. The zero-order valence-electron chi connectivity index (χ0n) is 8.39. The molecule has 1 atom stereocenters. The van der Waals surface area contributed by atoms with Crippen molar-refractivity contribution >= 4 is 27.7 Å². The zero-order chi connectivity index (χ0) is 10.6. The van der Waals surface area contributed by atoms with Gasteiger partial charge in [-0.1, -0.05) is 15.9 Å². The summed E-state index contributed by atoms with van der Waals surface area (Å²) in [6.07, 6.45) is 0.176. The normalized spacial score (nSPS) is 13.6. The van der Waals surface area contributed by atoms with Gasteiger partial charge >= 0.3 is 5.97 Å². The number of esters is 1. The number of ether oxygens (including phenoxy) is 1. The highest BCUT2D eigenvalue weighted by Crippen LogP contribution is 2.14. The highest BCUT2D eigenvalue weighted by Gasteiger charge is 2.23. The van der Waals surface area contributed by atoms with Gasteiger partial charge in [0.1, 0.15) is 16.2 Å². The van der Waals surface area contributed by atoms with Crippen LogP contribution in [-0.2, 0) is 14.3 Å². The molecule has 0 aliphatic carbocycles. The summed E-state index contributed by atoms with van der Waals surface area (Å²) in [5.41, 5.74) is -0.500. The fraction of sp³-hybridized carbons (Fsp3) is 0.778. The molecule has 0 rings (SSSR count). The molecule has 0 aromatic rings. The fourth-order valence-corrected chi connectivity index (χ4v) is 1.25. The van der Waals surface area contributed by atoms with Crippen molar-refractivity contribution in [1.29, 1.82) is 0 Å². The highest BCUT2D eigenvalue weighted by atomic mass is 79.9. The van der Waals surface area contributed by atoms with Gasteiger partial charge in [-0.05, 0) is 27.7 Å². The summed E-state index contributed by atoms with van der Waals surface area (Å²) in [4.78, 5) is 21.4. The van der Waals surface area contributed by atoms with Crippen molar-refractivity contribution in [3.63, 3.8) is 0 Å². The average molecular weight is 251 g/mol. The van der Waals surface area contributed by atoms with Crippen LogP contribution in [0.1, 0.15) is 34.1 Å². The average Bonchev–Trinajstić information content (AvgIpc) is 1.81. The van der Waals surface area contributed by atoms with E-state index in [1.807, 2.05) is 0 Å². The molecule has 0 aromatic heterocycles. The van der Waals surface area contributed by atoms with Crippen LogP contribution in [0.15, 0.2) is 0 Å². The number of Topliss-reactive ketones (excluding diaryl/α,β-unsaturated/α-hetero) is 1. The van der Waals surface area contributed by atoms with Crippen molar-refractivity contribution in [1.82, 2.24) is 0 Å². The molecule has 0 aliphatic rings. The van der Waals surface area contributed by atoms with Gasteiger partial charge in [-0.3, -0.25) is 9.59 Å². The van der Waals surface area contributed by atoms with Gasteiger partial charge in [0.05, 0.1) is 0 Å². The number of hydrogen-bond donors (Lipinski definition) is 0. The van der Waals surface area contributed by atoms with Crippen LogP contribution in [0.5, 0.6) is 0 Å². The summed E-state index contributed by atoms with van der Waals surface area (Å²) in [7, 11) is 0. The highest BCUT2D eigenvalue weighted by molar-refractivity contribution is 9.10. The van der Waals surface area contributed by atoms with Crippen LogP contribution >= 0.6 is 15.9 Å². The second-order valence-electron chi connectivity index (χ2n) is 3.91. The number of ketones is 1. The van der Waals surface area contributed by atoms with E-state index in [0.717, 1.165) is 0 Å². The minimum absolute atomic E-state index is 0.0345. The molecule has 0 radical (unpaired) electrons. The Labute approximate surface area is 87.0 Å². The first-order chi connectivity index (χ1) is 5.72. The predicted octanol–water partition coefficient (Wildman–Crippen LogP) is 2.07. The van der Waals surface area contributed by atoms with Gasteiger partial charge in [-0.2, -0.15) is 0 Å². The van der Waals surface area contributed by atoms with Crippen LogP contribution in [-0.4, -0.2) is 22.2 Å². The van der Waals surface area contributed by atoms with Gasteiger partial charge in [0.15, 0.2) is 0 Å². The summed E-state index contributed by atoms with van der Waals surface area (Å²) < 4.78 is 5.06. The van der Waals surface area contributed by atoms with Crippen molar-refractivity contribution in [2.75, 3.05) is 0 Å². The molecule has 3 nitrogen and oxygen atoms in total. The summed E-state index contributed by atoms with van der Waals surface area (Å²) in [6.45, 7) is 6.81. The molecule has 13 heavy (non-hydrogen) atoms. The molecule has 76 valence electrons. The minimum Gasteiger partial charge on any atom is -0.459 e.